The first-order valence-electron chi connectivity index (χ1n) is 10.1. The van der Waals surface area contributed by atoms with Gasteiger partial charge in [-0.25, -0.2) is 4.79 Å². The highest BCUT2D eigenvalue weighted by molar-refractivity contribution is 6.35. The molecule has 1 aliphatic heterocycles. The second-order valence-corrected chi connectivity index (χ2v) is 8.80. The van der Waals surface area contributed by atoms with Crippen LogP contribution < -0.4 is 10.6 Å². The topological polar surface area (TPSA) is 77.8 Å². The lowest BCUT2D eigenvalue weighted by Gasteiger charge is -2.42. The number of carbonyl (C=O) groups excluding carboxylic acids is 2. The number of carbonyl (C=O) groups is 2. The van der Waals surface area contributed by atoms with Crippen molar-refractivity contribution in [2.45, 2.75) is 37.6 Å². The van der Waals surface area contributed by atoms with Gasteiger partial charge in [-0.15, -0.1) is 0 Å². The summed E-state index contributed by atoms with van der Waals surface area (Å²) in [7, 11) is 5.71. The quantitative estimate of drug-likeness (QED) is 0.786. The summed E-state index contributed by atoms with van der Waals surface area (Å²) in [5.41, 5.74) is 1.59. The summed E-state index contributed by atoms with van der Waals surface area (Å²) in [6.07, 6.45) is 4.84. The molecule has 0 unspecified atom stereocenters. The van der Waals surface area contributed by atoms with Crippen LogP contribution >= 0.6 is 11.6 Å². The van der Waals surface area contributed by atoms with E-state index < -0.39 is 5.54 Å². The average Bonchev–Trinajstić information content (AvgIpc) is 3.09. The number of anilines is 1. The Morgan fingerprint density at radius 1 is 1.17 bits per heavy atom. The van der Waals surface area contributed by atoms with E-state index in [1.807, 2.05) is 19.0 Å². The summed E-state index contributed by atoms with van der Waals surface area (Å²) in [6.45, 7) is 1.37. The number of hydrogen-bond acceptors (Lipinski definition) is 4. The first-order chi connectivity index (χ1) is 13.8. The maximum absolute atomic E-state index is 12.9. The van der Waals surface area contributed by atoms with E-state index >= 15 is 0 Å². The van der Waals surface area contributed by atoms with E-state index in [4.69, 9.17) is 16.0 Å². The van der Waals surface area contributed by atoms with Crippen molar-refractivity contribution >= 4 is 40.2 Å². The van der Waals surface area contributed by atoms with Gasteiger partial charge in [-0.3, -0.25) is 4.79 Å². The molecule has 0 atom stereocenters. The van der Waals surface area contributed by atoms with E-state index in [0.717, 1.165) is 49.6 Å². The Labute approximate surface area is 175 Å². The third kappa shape index (κ3) is 3.57. The molecule has 2 aromatic rings. The molecule has 29 heavy (non-hydrogen) atoms. The summed E-state index contributed by atoms with van der Waals surface area (Å²) < 4.78 is 6.12. The second-order valence-electron chi connectivity index (χ2n) is 8.39. The van der Waals surface area contributed by atoms with Gasteiger partial charge in [0.05, 0.1) is 16.2 Å². The number of likely N-dealkylation sites (N-methyl/N-ethyl adjacent to an activating group) is 2. The van der Waals surface area contributed by atoms with Crippen LogP contribution in [0, 0.1) is 0 Å². The third-order valence-electron chi connectivity index (χ3n) is 5.98. The highest BCUT2D eigenvalue weighted by Gasteiger charge is 2.44. The van der Waals surface area contributed by atoms with E-state index in [-0.39, 0.29) is 17.7 Å². The number of furan rings is 1. The minimum absolute atomic E-state index is 0.168. The Kier molecular flexibility index (Phi) is 5.21. The van der Waals surface area contributed by atoms with Gasteiger partial charge in [0.15, 0.2) is 5.76 Å². The van der Waals surface area contributed by atoms with Gasteiger partial charge in [0.2, 0.25) is 0 Å². The Bertz CT molecular complexity index is 962. The zero-order chi connectivity index (χ0) is 20.8. The molecule has 1 fully saturated rings. The van der Waals surface area contributed by atoms with Crippen molar-refractivity contribution in [1.82, 2.24) is 15.1 Å². The summed E-state index contributed by atoms with van der Waals surface area (Å²) in [5, 5.41) is 7.22. The van der Waals surface area contributed by atoms with E-state index in [1.54, 1.807) is 24.1 Å². The molecule has 3 amide bonds. The molecule has 7 nitrogen and oxygen atoms in total. The molecule has 1 spiro atoms. The van der Waals surface area contributed by atoms with E-state index in [0.29, 0.717) is 22.8 Å². The Morgan fingerprint density at radius 3 is 2.59 bits per heavy atom. The monoisotopic (exact) mass is 418 g/mol. The molecular weight excluding hydrogens is 392 g/mol. The van der Waals surface area contributed by atoms with Crippen molar-refractivity contribution in [1.29, 1.82) is 0 Å². The van der Waals surface area contributed by atoms with Gasteiger partial charge in [0.25, 0.3) is 5.91 Å². The highest BCUT2D eigenvalue weighted by atomic mass is 35.5. The molecule has 8 heteroatoms. The molecule has 2 N–H and O–H groups in total. The van der Waals surface area contributed by atoms with E-state index in [1.165, 1.54) is 0 Å². The molecule has 0 bridgehead atoms. The zero-order valence-corrected chi connectivity index (χ0v) is 17.9. The van der Waals surface area contributed by atoms with E-state index in [2.05, 4.69) is 10.6 Å². The molecule has 0 radical (unpaired) electrons. The van der Waals surface area contributed by atoms with Crippen molar-refractivity contribution in [3.05, 3.63) is 28.5 Å². The van der Waals surface area contributed by atoms with Crippen LogP contribution in [0.2, 0.25) is 5.02 Å². The van der Waals surface area contributed by atoms with Crippen LogP contribution in [0.1, 0.15) is 48.2 Å². The van der Waals surface area contributed by atoms with Crippen molar-refractivity contribution in [3.8, 4) is 0 Å². The lowest BCUT2D eigenvalue weighted by atomic mass is 9.74. The molecule has 0 saturated heterocycles. The first kappa shape index (κ1) is 20.0. The molecule has 1 saturated carbocycles. The minimum Gasteiger partial charge on any atom is -0.450 e. The van der Waals surface area contributed by atoms with Crippen molar-refractivity contribution in [2.24, 2.45) is 0 Å². The molecule has 4 rings (SSSR count). The van der Waals surface area contributed by atoms with Crippen LogP contribution in [0.3, 0.4) is 0 Å². The summed E-state index contributed by atoms with van der Waals surface area (Å²) in [6, 6.07) is 3.27. The molecule has 156 valence electrons. The maximum atomic E-state index is 12.9. The predicted molar refractivity (Wildman–Crippen MR) is 114 cm³/mol. The SMILES string of the molecule is CN(C)CCN(C)C(=O)c1cc2cc(Cl)c3c(c2o1)C1(CCCCC1)NC(=O)N3. The Morgan fingerprint density at radius 2 is 1.90 bits per heavy atom. The van der Waals surface area contributed by atoms with Crippen LogP contribution in [0.15, 0.2) is 16.5 Å². The lowest BCUT2D eigenvalue weighted by molar-refractivity contribution is 0.0757. The summed E-state index contributed by atoms with van der Waals surface area (Å²) in [4.78, 5) is 28.9. The molecule has 1 aromatic heterocycles. The van der Waals surface area contributed by atoms with Crippen molar-refractivity contribution < 1.29 is 14.0 Å². The van der Waals surface area contributed by atoms with Gasteiger partial charge in [-0.2, -0.15) is 0 Å². The standard InChI is InChI=1S/C21H27ClN4O3/c1-25(2)9-10-26(3)19(27)15-12-13-11-14(22)17-16(18(13)29-15)21(24-20(28)23-17)7-5-4-6-8-21/h11-12H,4-10H2,1-3H3,(H2,23,24,28). The molecule has 1 aromatic carbocycles. The van der Waals surface area contributed by atoms with Crippen LogP contribution in [-0.4, -0.2) is 56.0 Å². The average molecular weight is 419 g/mol. The summed E-state index contributed by atoms with van der Waals surface area (Å²) >= 11 is 6.54. The maximum Gasteiger partial charge on any atom is 0.319 e. The Balaban J connectivity index is 1.79. The molecule has 2 aliphatic rings. The normalized spacial score (nSPS) is 17.9. The van der Waals surface area contributed by atoms with Crippen molar-refractivity contribution in [2.75, 3.05) is 39.5 Å². The number of hydrogen-bond donors (Lipinski definition) is 2. The van der Waals surface area contributed by atoms with Crippen LogP contribution in [-0.2, 0) is 5.54 Å². The molecule has 2 heterocycles. The van der Waals surface area contributed by atoms with Gasteiger partial charge >= 0.3 is 6.03 Å². The van der Waals surface area contributed by atoms with Gasteiger partial charge in [-0.05, 0) is 39.1 Å². The Hall–Kier alpha value is -2.25. The van der Waals surface area contributed by atoms with Crippen molar-refractivity contribution in [3.63, 3.8) is 0 Å². The minimum atomic E-state index is -0.506. The first-order valence-corrected chi connectivity index (χ1v) is 10.4. The van der Waals surface area contributed by atoms with Gasteiger partial charge in [0, 0.05) is 31.1 Å². The summed E-state index contributed by atoms with van der Waals surface area (Å²) in [5.74, 6) is 0.118. The number of nitrogens with one attached hydrogen (secondary N) is 2. The lowest BCUT2D eigenvalue weighted by Crippen LogP contribution is -2.52. The van der Waals surface area contributed by atoms with Crippen LogP contribution in [0.5, 0.6) is 0 Å². The molecule has 1 aliphatic carbocycles. The second kappa shape index (κ2) is 7.54. The molecular formula is C21H27ClN4O3. The van der Waals surface area contributed by atoms with Crippen LogP contribution in [0.4, 0.5) is 10.5 Å². The number of nitrogens with zero attached hydrogens (tertiary/aromatic N) is 2. The fourth-order valence-electron chi connectivity index (χ4n) is 4.43. The largest absolute Gasteiger partial charge is 0.450 e. The zero-order valence-electron chi connectivity index (χ0n) is 17.1. The fraction of sp³-hybridized carbons (Fsp3) is 0.524. The fourth-order valence-corrected chi connectivity index (χ4v) is 4.69. The number of amides is 3. The number of urea groups is 1. The van der Waals surface area contributed by atoms with Gasteiger partial charge in [-0.1, -0.05) is 30.9 Å². The predicted octanol–water partition coefficient (Wildman–Crippen LogP) is 4.01. The van der Waals surface area contributed by atoms with Gasteiger partial charge < -0.3 is 24.9 Å². The van der Waals surface area contributed by atoms with Gasteiger partial charge in [0.1, 0.15) is 5.58 Å². The number of benzene rings is 1. The number of halogens is 1. The smallest absolute Gasteiger partial charge is 0.319 e. The van der Waals surface area contributed by atoms with Crippen LogP contribution in [0.25, 0.3) is 11.0 Å². The number of rotatable bonds is 4. The number of fused-ring (bicyclic) bond motifs is 4. The third-order valence-corrected chi connectivity index (χ3v) is 6.27. The highest BCUT2D eigenvalue weighted by Crippen LogP contribution is 2.48. The van der Waals surface area contributed by atoms with E-state index in [9.17, 15) is 9.59 Å².